The maximum atomic E-state index is 12.1. The highest BCUT2D eigenvalue weighted by Crippen LogP contribution is 2.10. The fraction of sp³-hybridized carbons (Fsp3) is 0.294. The van der Waals surface area contributed by atoms with E-state index in [1.807, 2.05) is 6.92 Å². The van der Waals surface area contributed by atoms with Crippen LogP contribution >= 0.6 is 0 Å². The van der Waals surface area contributed by atoms with E-state index in [-0.39, 0.29) is 16.3 Å². The molecule has 0 saturated heterocycles. The highest BCUT2D eigenvalue weighted by molar-refractivity contribution is 7.89. The Morgan fingerprint density at radius 1 is 0.808 bits per heavy atom. The van der Waals surface area contributed by atoms with E-state index in [1.165, 1.54) is 12.1 Å². The zero-order valence-electron chi connectivity index (χ0n) is 14.5. The molecule has 26 heavy (non-hydrogen) atoms. The Kier molecular flexibility index (Phi) is 6.90. The zero-order chi connectivity index (χ0) is 19.2. The van der Waals surface area contributed by atoms with E-state index in [1.54, 1.807) is 36.4 Å². The van der Waals surface area contributed by atoms with Crippen molar-refractivity contribution >= 4 is 20.0 Å². The van der Waals surface area contributed by atoms with E-state index in [0.717, 1.165) is 11.1 Å². The molecule has 2 aromatic rings. The molecule has 0 radical (unpaired) electrons. The van der Waals surface area contributed by atoms with Gasteiger partial charge in [0.15, 0.2) is 0 Å². The first kappa shape index (κ1) is 20.5. The summed E-state index contributed by atoms with van der Waals surface area (Å²) in [5.41, 5.74) is 1.97. The van der Waals surface area contributed by atoms with Crippen LogP contribution in [0.15, 0.2) is 58.3 Å². The molecule has 7 nitrogen and oxygen atoms in total. The van der Waals surface area contributed by atoms with Gasteiger partial charge in [-0.2, -0.15) is 0 Å². The molecule has 0 aliphatic carbocycles. The largest absolute Gasteiger partial charge is 0.315 e. The van der Waals surface area contributed by atoms with Crippen LogP contribution in [-0.2, 0) is 26.5 Å². The standard InChI is InChI=1S/C17H23N3O4S2/c1-14-2-6-17(7-3-14)26(23,24)20-13-12-19-11-10-15-4-8-16(9-5-15)25(18,21)22/h2-9,19-20H,10-13H2,1H3,(H2,18,21,22). The smallest absolute Gasteiger partial charge is 0.240 e. The summed E-state index contributed by atoms with van der Waals surface area (Å²) < 4.78 is 49.1. The summed E-state index contributed by atoms with van der Waals surface area (Å²) in [7, 11) is -7.17. The SMILES string of the molecule is Cc1ccc(S(=O)(=O)NCCNCCc2ccc(S(N)(=O)=O)cc2)cc1. The topological polar surface area (TPSA) is 118 Å². The molecule has 0 aromatic heterocycles. The summed E-state index contributed by atoms with van der Waals surface area (Å²) in [4.78, 5) is 0.331. The first-order valence-corrected chi connectivity index (χ1v) is 11.1. The monoisotopic (exact) mass is 397 g/mol. The van der Waals surface area contributed by atoms with Gasteiger partial charge in [-0.3, -0.25) is 0 Å². The number of aryl methyl sites for hydroxylation is 1. The normalized spacial score (nSPS) is 12.2. The van der Waals surface area contributed by atoms with Crippen molar-refractivity contribution in [2.75, 3.05) is 19.6 Å². The maximum Gasteiger partial charge on any atom is 0.240 e. The second kappa shape index (κ2) is 8.74. The molecular weight excluding hydrogens is 374 g/mol. The van der Waals surface area contributed by atoms with E-state index in [2.05, 4.69) is 10.0 Å². The molecule has 0 fully saturated rings. The second-order valence-corrected chi connectivity index (χ2v) is 9.23. The molecule has 2 aromatic carbocycles. The van der Waals surface area contributed by atoms with E-state index in [4.69, 9.17) is 5.14 Å². The van der Waals surface area contributed by atoms with Crippen molar-refractivity contribution in [3.63, 3.8) is 0 Å². The molecule has 0 bridgehead atoms. The van der Waals surface area contributed by atoms with E-state index >= 15 is 0 Å². The van der Waals surface area contributed by atoms with Crippen LogP contribution in [0.25, 0.3) is 0 Å². The summed E-state index contributed by atoms with van der Waals surface area (Å²) in [6.45, 7) is 3.30. The quantitative estimate of drug-likeness (QED) is 0.540. The Morgan fingerprint density at radius 3 is 1.96 bits per heavy atom. The lowest BCUT2D eigenvalue weighted by molar-refractivity contribution is 0.575. The number of nitrogens with two attached hydrogens (primary N) is 1. The Bertz CT molecular complexity index is 923. The lowest BCUT2D eigenvalue weighted by Crippen LogP contribution is -2.32. The Hall–Kier alpha value is -1.78. The second-order valence-electron chi connectivity index (χ2n) is 5.90. The van der Waals surface area contributed by atoms with Crippen LogP contribution in [0.5, 0.6) is 0 Å². The summed E-state index contributed by atoms with van der Waals surface area (Å²) in [5.74, 6) is 0. The average Bonchev–Trinajstić information content (AvgIpc) is 2.58. The van der Waals surface area contributed by atoms with Gasteiger partial charge in [-0.05, 0) is 49.7 Å². The first-order valence-electron chi connectivity index (χ1n) is 8.07. The molecule has 0 spiro atoms. The number of hydrogen-bond donors (Lipinski definition) is 3. The average molecular weight is 398 g/mol. The van der Waals surface area contributed by atoms with Gasteiger partial charge in [0.25, 0.3) is 0 Å². The van der Waals surface area contributed by atoms with Gasteiger partial charge >= 0.3 is 0 Å². The Balaban J connectivity index is 1.71. The summed E-state index contributed by atoms with van der Waals surface area (Å²) in [6, 6.07) is 13.0. The molecular formula is C17H23N3O4S2. The number of rotatable bonds is 9. The van der Waals surface area contributed by atoms with Gasteiger partial charge in [0.2, 0.25) is 20.0 Å². The third kappa shape index (κ3) is 6.19. The van der Waals surface area contributed by atoms with Crippen LogP contribution in [-0.4, -0.2) is 36.5 Å². The van der Waals surface area contributed by atoms with Crippen LogP contribution < -0.4 is 15.2 Å². The third-order valence-electron chi connectivity index (χ3n) is 3.77. The van der Waals surface area contributed by atoms with Crippen molar-refractivity contribution in [1.82, 2.24) is 10.0 Å². The fourth-order valence-corrected chi connectivity index (χ4v) is 3.83. The van der Waals surface area contributed by atoms with E-state index in [0.29, 0.717) is 19.5 Å². The van der Waals surface area contributed by atoms with Gasteiger partial charge in [-0.25, -0.2) is 26.7 Å². The molecule has 0 aliphatic rings. The predicted molar refractivity (Wildman–Crippen MR) is 101 cm³/mol. The lowest BCUT2D eigenvalue weighted by atomic mass is 10.1. The van der Waals surface area contributed by atoms with Gasteiger partial charge in [0.1, 0.15) is 0 Å². The maximum absolute atomic E-state index is 12.1. The van der Waals surface area contributed by atoms with Crippen molar-refractivity contribution in [3.05, 3.63) is 59.7 Å². The molecule has 0 atom stereocenters. The molecule has 142 valence electrons. The minimum atomic E-state index is -3.67. The van der Waals surface area contributed by atoms with Crippen molar-refractivity contribution in [2.45, 2.75) is 23.1 Å². The molecule has 9 heteroatoms. The minimum Gasteiger partial charge on any atom is -0.315 e. The molecule has 4 N–H and O–H groups in total. The third-order valence-corrected chi connectivity index (χ3v) is 6.17. The molecule has 0 heterocycles. The van der Waals surface area contributed by atoms with Crippen molar-refractivity contribution in [1.29, 1.82) is 0 Å². The Morgan fingerprint density at radius 2 is 1.38 bits per heavy atom. The van der Waals surface area contributed by atoms with Gasteiger partial charge in [0, 0.05) is 13.1 Å². The van der Waals surface area contributed by atoms with Crippen molar-refractivity contribution in [2.24, 2.45) is 5.14 Å². The highest BCUT2D eigenvalue weighted by atomic mass is 32.2. The molecule has 0 saturated carbocycles. The molecule has 0 amide bonds. The van der Waals surface area contributed by atoms with Crippen LogP contribution in [0, 0.1) is 6.92 Å². The zero-order valence-corrected chi connectivity index (χ0v) is 16.1. The number of hydrogen-bond acceptors (Lipinski definition) is 5. The van der Waals surface area contributed by atoms with Crippen molar-refractivity contribution < 1.29 is 16.8 Å². The minimum absolute atomic E-state index is 0.0831. The number of benzene rings is 2. The van der Waals surface area contributed by atoms with Crippen LogP contribution in [0.3, 0.4) is 0 Å². The van der Waals surface area contributed by atoms with Crippen molar-refractivity contribution in [3.8, 4) is 0 Å². The summed E-state index contributed by atoms with van der Waals surface area (Å²) in [5, 5.41) is 8.19. The van der Waals surface area contributed by atoms with Gasteiger partial charge in [-0.1, -0.05) is 29.8 Å². The van der Waals surface area contributed by atoms with Crippen LogP contribution in [0.1, 0.15) is 11.1 Å². The van der Waals surface area contributed by atoms with E-state index < -0.39 is 20.0 Å². The molecule has 0 unspecified atom stereocenters. The fourth-order valence-electron chi connectivity index (χ4n) is 2.28. The number of primary sulfonamides is 1. The molecule has 0 aliphatic heterocycles. The van der Waals surface area contributed by atoms with Gasteiger partial charge in [0.05, 0.1) is 9.79 Å². The highest BCUT2D eigenvalue weighted by Gasteiger charge is 2.12. The van der Waals surface area contributed by atoms with E-state index in [9.17, 15) is 16.8 Å². The van der Waals surface area contributed by atoms with Gasteiger partial charge < -0.3 is 5.32 Å². The Labute approximate surface area is 154 Å². The number of nitrogens with one attached hydrogen (secondary N) is 2. The number of sulfonamides is 2. The van der Waals surface area contributed by atoms with Gasteiger partial charge in [-0.15, -0.1) is 0 Å². The van der Waals surface area contributed by atoms with Crippen LogP contribution in [0.2, 0.25) is 0 Å². The first-order chi connectivity index (χ1) is 12.2. The van der Waals surface area contributed by atoms with Crippen LogP contribution in [0.4, 0.5) is 0 Å². The summed E-state index contributed by atoms with van der Waals surface area (Å²) in [6.07, 6.45) is 0.690. The molecule has 2 rings (SSSR count). The summed E-state index contributed by atoms with van der Waals surface area (Å²) >= 11 is 0. The predicted octanol–water partition coefficient (Wildman–Crippen LogP) is 0.753. The lowest BCUT2D eigenvalue weighted by Gasteiger charge is -2.08.